The number of hydrogen-bond donors (Lipinski definition) is 9. The number of unbranched alkanes of at least 4 members (excludes halogenated alkanes) is 29. The summed E-state index contributed by atoms with van der Waals surface area (Å²) in [6.45, 7) is 3.76. The van der Waals surface area contributed by atoms with Crippen LogP contribution in [0, 0.1) is 0 Å². The molecule has 1 saturated carbocycles. The van der Waals surface area contributed by atoms with Crippen molar-refractivity contribution >= 4 is 13.7 Å². The Hall–Kier alpha value is -1.22. The van der Waals surface area contributed by atoms with Crippen LogP contribution in [0.15, 0.2) is 24.3 Å². The Morgan fingerprint density at radius 2 is 0.908 bits per heavy atom. The molecule has 0 aliphatic heterocycles. The average Bonchev–Trinajstić information content (AvgIpc) is 3.28. The average molecular weight is 948 g/mol. The van der Waals surface area contributed by atoms with Crippen molar-refractivity contribution < 1.29 is 59.0 Å². The molecular weight excluding hydrogens is 850 g/mol. The van der Waals surface area contributed by atoms with E-state index in [4.69, 9.17) is 9.05 Å². The van der Waals surface area contributed by atoms with E-state index in [1.165, 1.54) is 160 Å². The van der Waals surface area contributed by atoms with Gasteiger partial charge in [0, 0.05) is 0 Å². The van der Waals surface area contributed by atoms with Gasteiger partial charge in [0.15, 0.2) is 0 Å². The van der Waals surface area contributed by atoms with Crippen molar-refractivity contribution in [2.24, 2.45) is 0 Å². The molecule has 14 heteroatoms. The number of allylic oxidation sites excluding steroid dienone is 3. The number of phosphoric ester groups is 1. The van der Waals surface area contributed by atoms with E-state index in [1.54, 1.807) is 6.08 Å². The van der Waals surface area contributed by atoms with Crippen molar-refractivity contribution in [3.05, 3.63) is 24.3 Å². The second-order valence-electron chi connectivity index (χ2n) is 18.9. The molecule has 0 heterocycles. The van der Waals surface area contributed by atoms with Crippen molar-refractivity contribution in [3.8, 4) is 0 Å². The fourth-order valence-electron chi connectivity index (χ4n) is 8.49. The molecule has 8 atom stereocenters. The molecule has 1 aliphatic carbocycles. The molecule has 1 aliphatic rings. The SMILES string of the molecule is CCCCCCCCCCCCCCCC/C=C/CC/C=C/C(O)C(COP(=O)(O)OC1C(O)C(O)C(O)C(O)C1O)NC(=O)CC(O)CCCCCCCCCCCCCCCCC. The molecule has 13 nitrogen and oxygen atoms in total. The minimum atomic E-state index is -5.15. The van der Waals surface area contributed by atoms with Crippen molar-refractivity contribution in [2.45, 2.75) is 287 Å². The number of carbonyl (C=O) groups is 1. The van der Waals surface area contributed by atoms with Crippen LogP contribution in [0.2, 0.25) is 0 Å². The molecule has 0 aromatic rings. The predicted molar refractivity (Wildman–Crippen MR) is 261 cm³/mol. The van der Waals surface area contributed by atoms with Gasteiger partial charge in [0.05, 0.1) is 31.3 Å². The second-order valence-corrected chi connectivity index (χ2v) is 20.3. The van der Waals surface area contributed by atoms with E-state index in [-0.39, 0.29) is 6.42 Å². The Labute approximate surface area is 394 Å². The summed E-state index contributed by atoms with van der Waals surface area (Å²) >= 11 is 0. The van der Waals surface area contributed by atoms with Crippen LogP contribution in [-0.4, -0.2) is 108 Å². The standard InChI is InChI=1S/C51H98NO12P/c1-3-5-7-9-11-13-15-17-19-20-21-22-23-25-27-29-31-33-35-37-39-44(54)43(41-63-65(61,62)64-51-49(59)47(57)46(56)48(58)50(51)60)52-45(55)40-42(53)38-36-34-32-30-28-26-24-18-16-14-12-10-8-6-4-2/h29,31,37,39,42-44,46-51,53-54,56-60H,3-28,30,32-36,38,40-41H2,1-2H3,(H,52,55)(H,61,62)/b31-29+,39-37+. The molecule has 1 fully saturated rings. The van der Waals surface area contributed by atoms with Gasteiger partial charge in [-0.3, -0.25) is 13.8 Å². The van der Waals surface area contributed by atoms with E-state index < -0.39 is 75.2 Å². The van der Waals surface area contributed by atoms with Gasteiger partial charge in [0.2, 0.25) is 5.91 Å². The molecule has 1 amide bonds. The van der Waals surface area contributed by atoms with E-state index in [9.17, 15) is 50.0 Å². The summed E-state index contributed by atoms with van der Waals surface area (Å²) in [5.74, 6) is -0.599. The van der Waals surface area contributed by atoms with Crippen LogP contribution in [0.4, 0.5) is 0 Å². The Morgan fingerprint density at radius 1 is 0.538 bits per heavy atom. The number of phosphoric acid groups is 1. The summed E-state index contributed by atoms with van der Waals surface area (Å²) in [6, 6.07) is -1.25. The Kier molecular flexibility index (Phi) is 38.6. The quantitative estimate of drug-likeness (QED) is 0.0158. The highest BCUT2D eigenvalue weighted by Gasteiger charge is 2.51. The van der Waals surface area contributed by atoms with Gasteiger partial charge in [0.1, 0.15) is 36.6 Å². The number of rotatable bonds is 44. The van der Waals surface area contributed by atoms with Crippen molar-refractivity contribution in [1.82, 2.24) is 5.32 Å². The normalized spacial score (nSPS) is 22.7. The summed E-state index contributed by atoms with van der Waals surface area (Å²) in [7, 11) is -5.15. The number of carbonyl (C=O) groups excluding carboxylic acids is 1. The highest BCUT2D eigenvalue weighted by Crippen LogP contribution is 2.47. The topological polar surface area (TPSA) is 226 Å². The highest BCUT2D eigenvalue weighted by atomic mass is 31.2. The van der Waals surface area contributed by atoms with E-state index in [2.05, 4.69) is 31.3 Å². The first kappa shape index (κ1) is 61.8. The van der Waals surface area contributed by atoms with Crippen molar-refractivity contribution in [1.29, 1.82) is 0 Å². The van der Waals surface area contributed by atoms with Gasteiger partial charge in [0.25, 0.3) is 0 Å². The minimum Gasteiger partial charge on any atom is -0.393 e. The van der Waals surface area contributed by atoms with Crippen LogP contribution in [0.1, 0.15) is 232 Å². The van der Waals surface area contributed by atoms with E-state index in [1.807, 2.05) is 0 Å². The van der Waals surface area contributed by atoms with E-state index >= 15 is 0 Å². The minimum absolute atomic E-state index is 0.249. The molecule has 8 unspecified atom stereocenters. The van der Waals surface area contributed by atoms with Gasteiger partial charge in [-0.15, -0.1) is 0 Å². The lowest BCUT2D eigenvalue weighted by Crippen LogP contribution is -2.64. The monoisotopic (exact) mass is 948 g/mol. The summed E-state index contributed by atoms with van der Waals surface area (Å²) in [5, 5.41) is 74.7. The third kappa shape index (κ3) is 32.3. The number of hydrogen-bond acceptors (Lipinski definition) is 11. The second kappa shape index (κ2) is 40.6. The first-order valence-corrected chi connectivity index (χ1v) is 27.9. The molecule has 0 bridgehead atoms. The number of amides is 1. The summed E-state index contributed by atoms with van der Waals surface area (Å²) in [5.41, 5.74) is 0. The van der Waals surface area contributed by atoms with Crippen LogP contribution in [0.3, 0.4) is 0 Å². The first-order valence-electron chi connectivity index (χ1n) is 26.4. The summed E-state index contributed by atoms with van der Waals surface area (Å²) < 4.78 is 22.9. The molecule has 0 spiro atoms. The van der Waals surface area contributed by atoms with Crippen LogP contribution >= 0.6 is 7.82 Å². The molecular formula is C51H98NO12P. The number of aliphatic hydroxyl groups excluding tert-OH is 7. The van der Waals surface area contributed by atoms with E-state index in [0.29, 0.717) is 12.8 Å². The van der Waals surface area contributed by atoms with Gasteiger partial charge >= 0.3 is 7.82 Å². The molecule has 0 saturated heterocycles. The third-order valence-corrected chi connectivity index (χ3v) is 13.8. The maximum atomic E-state index is 13.0. The fourth-order valence-corrected chi connectivity index (χ4v) is 9.46. The molecule has 9 N–H and O–H groups in total. The molecule has 0 radical (unpaired) electrons. The predicted octanol–water partition coefficient (Wildman–Crippen LogP) is 9.93. The number of nitrogens with one attached hydrogen (secondary N) is 1. The third-order valence-electron chi connectivity index (χ3n) is 12.8. The van der Waals surface area contributed by atoms with Crippen LogP contribution in [0.25, 0.3) is 0 Å². The van der Waals surface area contributed by atoms with Gasteiger partial charge < -0.3 is 46.0 Å². The zero-order valence-corrected chi connectivity index (χ0v) is 41.8. The summed E-state index contributed by atoms with van der Waals surface area (Å²) in [4.78, 5) is 23.5. The smallest absolute Gasteiger partial charge is 0.393 e. The van der Waals surface area contributed by atoms with Crippen LogP contribution in [-0.2, 0) is 18.4 Å². The lowest BCUT2D eigenvalue weighted by Gasteiger charge is -2.41. The maximum absolute atomic E-state index is 13.0. The van der Waals surface area contributed by atoms with Gasteiger partial charge in [-0.1, -0.05) is 218 Å². The van der Waals surface area contributed by atoms with Gasteiger partial charge in [-0.25, -0.2) is 4.57 Å². The lowest BCUT2D eigenvalue weighted by molar-refractivity contribution is -0.220. The van der Waals surface area contributed by atoms with Crippen molar-refractivity contribution in [2.75, 3.05) is 6.61 Å². The zero-order valence-electron chi connectivity index (χ0n) is 40.9. The molecule has 65 heavy (non-hydrogen) atoms. The van der Waals surface area contributed by atoms with Crippen molar-refractivity contribution in [3.63, 3.8) is 0 Å². The Bertz CT molecular complexity index is 1210. The number of aliphatic hydroxyl groups is 7. The van der Waals surface area contributed by atoms with Gasteiger partial charge in [-0.05, 0) is 32.1 Å². The molecule has 384 valence electrons. The highest BCUT2D eigenvalue weighted by molar-refractivity contribution is 7.47. The summed E-state index contributed by atoms with van der Waals surface area (Å²) in [6.07, 6.45) is 32.6. The van der Waals surface area contributed by atoms with E-state index in [0.717, 1.165) is 44.9 Å². The van der Waals surface area contributed by atoms with Crippen LogP contribution in [0.5, 0.6) is 0 Å². The lowest BCUT2D eigenvalue weighted by atomic mass is 9.85. The van der Waals surface area contributed by atoms with Gasteiger partial charge in [-0.2, -0.15) is 0 Å². The molecule has 0 aromatic carbocycles. The zero-order chi connectivity index (χ0) is 48.0. The molecule has 1 rings (SSSR count). The Balaban J connectivity index is 2.50. The largest absolute Gasteiger partial charge is 0.472 e. The van der Waals surface area contributed by atoms with Crippen LogP contribution < -0.4 is 5.32 Å². The fraction of sp³-hybridized carbons (Fsp3) is 0.902. The first-order chi connectivity index (χ1) is 31.3. The molecule has 0 aromatic heterocycles. The Morgan fingerprint density at radius 3 is 1.35 bits per heavy atom. The maximum Gasteiger partial charge on any atom is 0.472 e.